The molecule has 6 aliphatic rings. The van der Waals surface area contributed by atoms with Gasteiger partial charge in [-0.15, -0.1) is 0 Å². The Morgan fingerprint density at radius 2 is 1.57 bits per heavy atom. The van der Waals surface area contributed by atoms with E-state index in [9.17, 15) is 27.9 Å². The first-order valence-corrected chi connectivity index (χ1v) is 23.5. The van der Waals surface area contributed by atoms with Crippen molar-refractivity contribution in [2.24, 2.45) is 62.1 Å². The van der Waals surface area contributed by atoms with Crippen molar-refractivity contribution >= 4 is 27.7 Å². The van der Waals surface area contributed by atoms with Crippen LogP contribution in [0.25, 0.3) is 0 Å². The Labute approximate surface area is 327 Å². The maximum absolute atomic E-state index is 14.4. The van der Waals surface area contributed by atoms with Crippen molar-refractivity contribution in [1.82, 2.24) is 4.90 Å². The number of amides is 1. The molecule has 5 saturated carbocycles. The second-order valence-corrected chi connectivity index (χ2v) is 24.0. The number of esters is 1. The maximum atomic E-state index is 14.4. The molecule has 0 unspecified atom stereocenters. The van der Waals surface area contributed by atoms with Crippen LogP contribution < -0.4 is 0 Å². The van der Waals surface area contributed by atoms with E-state index in [1.807, 2.05) is 13.8 Å². The number of rotatable bonds is 11. The number of hydrogen-bond donors (Lipinski definition) is 1. The molecular formula is C45H73NO7S. The predicted molar refractivity (Wildman–Crippen MR) is 213 cm³/mol. The molecule has 0 aromatic rings. The number of allylic oxidation sites excluding steroid dienone is 1. The maximum Gasteiger partial charge on any atom is 0.306 e. The van der Waals surface area contributed by atoms with Crippen LogP contribution in [0.15, 0.2) is 12.2 Å². The van der Waals surface area contributed by atoms with Crippen LogP contribution in [0.1, 0.15) is 158 Å². The molecule has 54 heavy (non-hydrogen) atoms. The largest absolute Gasteiger partial charge is 0.481 e. The molecule has 1 heterocycles. The zero-order valence-corrected chi connectivity index (χ0v) is 36.0. The van der Waals surface area contributed by atoms with Gasteiger partial charge >= 0.3 is 11.9 Å². The number of sulfone groups is 1. The third-order valence-corrected chi connectivity index (χ3v) is 18.7. The van der Waals surface area contributed by atoms with Gasteiger partial charge in [0, 0.05) is 30.7 Å². The van der Waals surface area contributed by atoms with Gasteiger partial charge in [-0.1, -0.05) is 60.6 Å². The van der Waals surface area contributed by atoms with Crippen LogP contribution in [0, 0.1) is 62.1 Å². The van der Waals surface area contributed by atoms with Crippen LogP contribution in [0.2, 0.25) is 0 Å². The summed E-state index contributed by atoms with van der Waals surface area (Å²) in [7, 11) is -3.08. The first kappa shape index (κ1) is 41.7. The van der Waals surface area contributed by atoms with Crippen molar-refractivity contribution in [1.29, 1.82) is 0 Å². The lowest BCUT2D eigenvalue weighted by Crippen LogP contribution is -2.67. The minimum absolute atomic E-state index is 0.0257. The summed E-state index contributed by atoms with van der Waals surface area (Å²) in [6, 6.07) is 0.0335. The third kappa shape index (κ3) is 7.14. The van der Waals surface area contributed by atoms with Gasteiger partial charge in [0.15, 0.2) is 0 Å². The van der Waals surface area contributed by atoms with E-state index in [-0.39, 0.29) is 69.7 Å². The van der Waals surface area contributed by atoms with Crippen molar-refractivity contribution in [3.63, 3.8) is 0 Å². The second kappa shape index (κ2) is 14.2. The van der Waals surface area contributed by atoms with Gasteiger partial charge in [-0.2, -0.15) is 0 Å². The fourth-order valence-electron chi connectivity index (χ4n) is 15.1. The number of carboxylic acid groups (broad SMARTS) is 1. The summed E-state index contributed by atoms with van der Waals surface area (Å²) in [5.41, 5.74) is 0.838. The van der Waals surface area contributed by atoms with E-state index in [0.29, 0.717) is 42.4 Å². The molecule has 0 spiro atoms. The normalized spacial score (nSPS) is 41.6. The molecule has 0 aromatic carbocycles. The molecule has 6 rings (SSSR count). The van der Waals surface area contributed by atoms with Crippen LogP contribution in [0.3, 0.4) is 0 Å². The molecule has 0 radical (unpaired) electrons. The Morgan fingerprint density at radius 1 is 0.870 bits per heavy atom. The highest BCUT2D eigenvalue weighted by Crippen LogP contribution is 2.78. The summed E-state index contributed by atoms with van der Waals surface area (Å²) >= 11 is 0. The molecule has 1 N–H and O–H groups in total. The number of carbonyl (C=O) groups is 3. The lowest BCUT2D eigenvalue weighted by atomic mass is 9.32. The Kier molecular flexibility index (Phi) is 11.0. The molecule has 0 aromatic heterocycles. The van der Waals surface area contributed by atoms with Crippen LogP contribution >= 0.6 is 0 Å². The number of fused-ring (bicyclic) bond motifs is 7. The lowest BCUT2D eigenvalue weighted by molar-refractivity contribution is -0.250. The minimum Gasteiger partial charge on any atom is -0.481 e. The molecule has 306 valence electrons. The van der Waals surface area contributed by atoms with Crippen molar-refractivity contribution in [2.75, 3.05) is 18.6 Å². The molecule has 0 bridgehead atoms. The highest BCUT2D eigenvalue weighted by molar-refractivity contribution is 7.90. The fourth-order valence-corrected chi connectivity index (χ4v) is 15.8. The third-order valence-electron chi connectivity index (χ3n) is 17.7. The van der Waals surface area contributed by atoms with Crippen molar-refractivity contribution in [3.8, 4) is 0 Å². The Balaban J connectivity index is 1.22. The van der Waals surface area contributed by atoms with Gasteiger partial charge in [-0.05, 0) is 147 Å². The number of hydrogen-bond acceptors (Lipinski definition) is 6. The molecule has 8 nitrogen and oxygen atoms in total. The van der Waals surface area contributed by atoms with Gasteiger partial charge in [-0.25, -0.2) is 8.42 Å². The van der Waals surface area contributed by atoms with Gasteiger partial charge in [0.1, 0.15) is 15.9 Å². The smallest absolute Gasteiger partial charge is 0.306 e. The first-order chi connectivity index (χ1) is 24.9. The fraction of sp³-hybridized carbons (Fsp3) is 0.889. The first-order valence-electron chi connectivity index (χ1n) is 21.4. The highest BCUT2D eigenvalue weighted by Gasteiger charge is 2.71. The minimum atomic E-state index is -3.08. The summed E-state index contributed by atoms with van der Waals surface area (Å²) in [5.74, 6) is 1.61. The van der Waals surface area contributed by atoms with Crippen LogP contribution in [0.5, 0.6) is 0 Å². The van der Waals surface area contributed by atoms with Crippen LogP contribution in [-0.2, 0) is 29.0 Å². The summed E-state index contributed by atoms with van der Waals surface area (Å²) in [5, 5.41) is 9.36. The van der Waals surface area contributed by atoms with E-state index in [0.717, 1.165) is 70.8 Å². The Hall–Kier alpha value is -1.90. The number of aliphatic carboxylic acids is 1. The van der Waals surface area contributed by atoms with Gasteiger partial charge in [0.05, 0.1) is 18.6 Å². The Bertz CT molecular complexity index is 1620. The molecule has 1 aliphatic heterocycles. The predicted octanol–water partition coefficient (Wildman–Crippen LogP) is 9.26. The Morgan fingerprint density at radius 3 is 2.22 bits per heavy atom. The number of likely N-dealkylation sites (tertiary alicyclic amines) is 1. The van der Waals surface area contributed by atoms with E-state index in [4.69, 9.17) is 4.74 Å². The molecule has 1 saturated heterocycles. The lowest BCUT2D eigenvalue weighted by Gasteiger charge is -2.73. The average molecular weight is 772 g/mol. The van der Waals surface area contributed by atoms with Gasteiger partial charge in [0.2, 0.25) is 5.91 Å². The van der Waals surface area contributed by atoms with Crippen LogP contribution in [0.4, 0.5) is 0 Å². The SMILES string of the molecule is C=C(C)[C@@H]1CC[C@]2(CC(=O)N3CCC[C@@H]3CCS(C)(=O)=O)CC[C@]3(C)[C@H](CC[C@@H]4[C@@]5(C)CC[C@H](OC(=O)CC(C)(C)CC(=O)O)C(C)(C)[C@@H]5CC[C@]43C)[C@@H]12. The van der Waals surface area contributed by atoms with E-state index in [2.05, 4.69) is 53.0 Å². The van der Waals surface area contributed by atoms with Gasteiger partial charge in [-0.3, -0.25) is 14.4 Å². The molecular weight excluding hydrogens is 699 g/mol. The number of carboxylic acids is 1. The second-order valence-electron chi connectivity index (χ2n) is 21.8. The van der Waals surface area contributed by atoms with E-state index >= 15 is 0 Å². The van der Waals surface area contributed by atoms with E-state index < -0.39 is 21.2 Å². The highest BCUT2D eigenvalue weighted by atomic mass is 32.2. The number of ether oxygens (including phenoxy) is 1. The zero-order valence-electron chi connectivity index (χ0n) is 35.2. The van der Waals surface area contributed by atoms with Crippen molar-refractivity contribution in [2.45, 2.75) is 170 Å². The number of nitrogens with zero attached hydrogens (tertiary/aromatic N) is 1. The summed E-state index contributed by atoms with van der Waals surface area (Å²) in [4.78, 5) is 41.1. The standard InChI is InChI=1S/C45H73NO7S/c1-29(2)31-15-21-45(26-36(47)46-24-11-12-30(46)18-25-54(10,51)52)23-22-43(8)32(39(31)45)13-14-34-42(7)19-17-35(41(5,6)33(42)16-20-44(34,43)9)53-38(50)28-40(3,4)27-37(48)49/h30-35,39H,1,11-28H2,2-10H3,(H,48,49)/t30-,31+,32-,33+,34-,35+,39-,42+,43-,44-,45-/m1/s1. The monoisotopic (exact) mass is 772 g/mol. The molecule has 5 aliphatic carbocycles. The topological polar surface area (TPSA) is 118 Å². The van der Waals surface area contributed by atoms with E-state index in [1.165, 1.54) is 24.7 Å². The molecule has 6 fully saturated rings. The quantitative estimate of drug-likeness (QED) is 0.164. The molecule has 9 heteroatoms. The van der Waals surface area contributed by atoms with Gasteiger partial charge < -0.3 is 14.7 Å². The van der Waals surface area contributed by atoms with Crippen LogP contribution in [-0.4, -0.2) is 67.0 Å². The summed E-state index contributed by atoms with van der Waals surface area (Å²) < 4.78 is 30.3. The van der Waals surface area contributed by atoms with E-state index in [1.54, 1.807) is 0 Å². The van der Waals surface area contributed by atoms with Gasteiger partial charge in [0.25, 0.3) is 0 Å². The summed E-state index contributed by atoms with van der Waals surface area (Å²) in [6.07, 6.45) is 15.1. The molecule has 11 atom stereocenters. The summed E-state index contributed by atoms with van der Waals surface area (Å²) in [6.45, 7) is 23.6. The number of carbonyl (C=O) groups excluding carboxylic acids is 2. The van der Waals surface area contributed by atoms with Crippen molar-refractivity contribution in [3.05, 3.63) is 12.2 Å². The average Bonchev–Trinajstić information content (AvgIpc) is 3.66. The van der Waals surface area contributed by atoms with Crippen molar-refractivity contribution < 1.29 is 32.6 Å². The molecule has 1 amide bonds. The zero-order chi connectivity index (χ0) is 39.9.